The molecule has 3 aromatic carbocycles. The Balaban J connectivity index is 1.36. The van der Waals surface area contributed by atoms with Gasteiger partial charge in [0.05, 0.1) is 35.4 Å². The van der Waals surface area contributed by atoms with E-state index in [0.29, 0.717) is 16.8 Å². The number of halogens is 3. The number of primary amides is 2. The van der Waals surface area contributed by atoms with E-state index >= 15 is 8.78 Å². The number of carbonyl (C=O) groups is 3. The molecule has 278 valence electrons. The Morgan fingerprint density at radius 2 is 1.38 bits per heavy atom. The summed E-state index contributed by atoms with van der Waals surface area (Å²) >= 11 is 0. The third-order valence-corrected chi connectivity index (χ3v) is 8.72. The SMILES string of the molecule is COc1ccc(F)cc1C(=O)NCc1ccc(-n2nc(C(C)CC(N)c3ccc(-n4nc(C(C)C)c(N)c4C(N)=O)c(F)c3)c(N)c2C(N)=O)c(F)c1. The summed E-state index contributed by atoms with van der Waals surface area (Å²) in [4.78, 5) is 37.4. The Labute approximate surface area is 302 Å². The van der Waals surface area contributed by atoms with Crippen LogP contribution < -0.4 is 38.7 Å². The molecule has 0 saturated carbocycles. The predicted octanol–water partition coefficient (Wildman–Crippen LogP) is 4.09. The molecule has 0 aliphatic rings. The fourth-order valence-electron chi connectivity index (χ4n) is 6.03. The summed E-state index contributed by atoms with van der Waals surface area (Å²) in [6, 6.07) is 10.9. The number of hydrogen-bond acceptors (Lipinski definition) is 9. The van der Waals surface area contributed by atoms with E-state index in [-0.39, 0.29) is 70.0 Å². The van der Waals surface area contributed by atoms with Gasteiger partial charge in [-0.05, 0) is 65.9 Å². The largest absolute Gasteiger partial charge is 0.496 e. The zero-order valence-electron chi connectivity index (χ0n) is 29.3. The summed E-state index contributed by atoms with van der Waals surface area (Å²) in [6.45, 7) is 5.25. The molecule has 0 aliphatic carbocycles. The quantitative estimate of drug-likeness (QED) is 0.102. The maximum absolute atomic E-state index is 15.6. The van der Waals surface area contributed by atoms with Gasteiger partial charge in [0, 0.05) is 18.5 Å². The number of hydrogen-bond donors (Lipinski definition) is 6. The van der Waals surface area contributed by atoms with Crippen molar-refractivity contribution in [2.24, 2.45) is 17.2 Å². The molecule has 11 N–H and O–H groups in total. The predicted molar refractivity (Wildman–Crippen MR) is 191 cm³/mol. The second-order valence-electron chi connectivity index (χ2n) is 12.8. The van der Waals surface area contributed by atoms with Crippen molar-refractivity contribution in [2.75, 3.05) is 18.6 Å². The average Bonchev–Trinajstić information content (AvgIpc) is 3.63. The number of benzene rings is 3. The molecule has 5 rings (SSSR count). The van der Waals surface area contributed by atoms with Crippen molar-refractivity contribution in [1.82, 2.24) is 24.9 Å². The van der Waals surface area contributed by atoms with E-state index in [1.807, 2.05) is 13.8 Å². The molecular formula is C36H39F3N10O4. The molecule has 2 atom stereocenters. The van der Waals surface area contributed by atoms with Gasteiger partial charge in [0.2, 0.25) is 0 Å². The molecule has 5 aromatic rings. The summed E-state index contributed by atoms with van der Waals surface area (Å²) in [5, 5.41) is 11.4. The number of nitrogens with two attached hydrogens (primary N) is 5. The van der Waals surface area contributed by atoms with Crippen molar-refractivity contribution in [3.05, 3.63) is 112 Å². The van der Waals surface area contributed by atoms with E-state index in [9.17, 15) is 18.8 Å². The van der Waals surface area contributed by atoms with Crippen LogP contribution in [0.5, 0.6) is 5.75 Å². The monoisotopic (exact) mass is 732 g/mol. The van der Waals surface area contributed by atoms with E-state index in [1.54, 1.807) is 13.0 Å². The van der Waals surface area contributed by atoms with Gasteiger partial charge in [0.25, 0.3) is 17.7 Å². The molecule has 2 heterocycles. The number of ether oxygens (including phenoxy) is 1. The first kappa shape index (κ1) is 37.9. The molecule has 2 aromatic heterocycles. The zero-order valence-corrected chi connectivity index (χ0v) is 29.3. The highest BCUT2D eigenvalue weighted by Crippen LogP contribution is 2.34. The van der Waals surface area contributed by atoms with Gasteiger partial charge in [0.1, 0.15) is 34.6 Å². The summed E-state index contributed by atoms with van der Waals surface area (Å²) < 4.78 is 52.0. The third kappa shape index (κ3) is 7.50. The standard InChI is InChI=1S/C36H39F3N10O4/c1-16(2)30-28(41)32(34(43)50)48(46-30)26-9-6-19(13-23(26)39)24(40)11-17(3)31-29(42)33(35(44)51)49(47-31)25-8-5-18(12-22(25)38)15-45-36(52)21-14-20(37)7-10-27(21)53-4/h5-10,12-14,16-17,24H,11,15,40-42H2,1-4H3,(H2,43,50)(H2,44,51)(H,45,52). The Morgan fingerprint density at radius 3 is 1.92 bits per heavy atom. The molecule has 0 fully saturated rings. The summed E-state index contributed by atoms with van der Waals surface area (Å²) in [6.07, 6.45) is 0.161. The number of nitrogen functional groups attached to an aromatic ring is 2. The van der Waals surface area contributed by atoms with Gasteiger partial charge in [-0.3, -0.25) is 14.4 Å². The number of aromatic nitrogens is 4. The van der Waals surface area contributed by atoms with E-state index in [1.165, 1.54) is 37.4 Å². The van der Waals surface area contributed by atoms with Crippen molar-refractivity contribution in [3.63, 3.8) is 0 Å². The van der Waals surface area contributed by atoms with Crippen molar-refractivity contribution < 1.29 is 32.3 Å². The van der Waals surface area contributed by atoms with Crippen molar-refractivity contribution in [3.8, 4) is 17.1 Å². The van der Waals surface area contributed by atoms with Crippen LogP contribution in [0.15, 0.2) is 54.6 Å². The molecule has 14 nitrogen and oxygen atoms in total. The number of carbonyl (C=O) groups excluding carboxylic acids is 3. The smallest absolute Gasteiger partial charge is 0.269 e. The number of methoxy groups -OCH3 is 1. The number of nitrogens with one attached hydrogen (secondary N) is 1. The fourth-order valence-corrected chi connectivity index (χ4v) is 6.03. The lowest BCUT2D eigenvalue weighted by atomic mass is 9.93. The molecule has 17 heteroatoms. The van der Waals surface area contributed by atoms with Crippen LogP contribution in [0, 0.1) is 17.5 Å². The van der Waals surface area contributed by atoms with Crippen LogP contribution in [0.3, 0.4) is 0 Å². The van der Waals surface area contributed by atoms with Crippen LogP contribution in [-0.2, 0) is 6.54 Å². The highest BCUT2D eigenvalue weighted by Gasteiger charge is 2.28. The van der Waals surface area contributed by atoms with E-state index in [4.69, 9.17) is 33.4 Å². The number of rotatable bonds is 13. The maximum Gasteiger partial charge on any atom is 0.269 e. The van der Waals surface area contributed by atoms with Crippen molar-refractivity contribution in [1.29, 1.82) is 0 Å². The van der Waals surface area contributed by atoms with Gasteiger partial charge in [-0.1, -0.05) is 32.9 Å². The van der Waals surface area contributed by atoms with Gasteiger partial charge < -0.3 is 38.7 Å². The second-order valence-corrected chi connectivity index (χ2v) is 12.8. The van der Waals surface area contributed by atoms with Crippen LogP contribution in [0.2, 0.25) is 0 Å². The Bertz CT molecular complexity index is 2230. The van der Waals surface area contributed by atoms with Crippen LogP contribution in [0.4, 0.5) is 24.5 Å². The lowest BCUT2D eigenvalue weighted by molar-refractivity contribution is 0.0944. The minimum absolute atomic E-state index is 0.0370. The molecule has 53 heavy (non-hydrogen) atoms. The number of nitrogens with zero attached hydrogens (tertiary/aromatic N) is 4. The summed E-state index contributed by atoms with van der Waals surface area (Å²) in [5.41, 5.74) is 30.8. The average molecular weight is 733 g/mol. The topological polar surface area (TPSA) is 238 Å². The normalized spacial score (nSPS) is 12.5. The highest BCUT2D eigenvalue weighted by atomic mass is 19.1. The van der Waals surface area contributed by atoms with Crippen molar-refractivity contribution >= 4 is 29.1 Å². The van der Waals surface area contributed by atoms with Gasteiger partial charge in [-0.25, -0.2) is 22.5 Å². The summed E-state index contributed by atoms with van der Waals surface area (Å²) in [7, 11) is 1.34. The van der Waals surface area contributed by atoms with Gasteiger partial charge in [-0.15, -0.1) is 0 Å². The molecule has 3 amide bonds. The Kier molecular flexibility index (Phi) is 10.8. The molecule has 2 unspecified atom stereocenters. The summed E-state index contributed by atoms with van der Waals surface area (Å²) in [5.74, 6) is -5.19. The zero-order chi connectivity index (χ0) is 38.9. The van der Waals surface area contributed by atoms with Crippen LogP contribution >= 0.6 is 0 Å². The number of anilines is 2. The molecule has 0 spiro atoms. The lowest BCUT2D eigenvalue weighted by Gasteiger charge is -2.18. The van der Waals surface area contributed by atoms with E-state index in [2.05, 4.69) is 15.5 Å². The molecular weight excluding hydrogens is 693 g/mol. The second kappa shape index (κ2) is 15.1. The van der Waals surface area contributed by atoms with Crippen LogP contribution in [0.25, 0.3) is 11.4 Å². The number of amides is 3. The third-order valence-electron chi connectivity index (χ3n) is 8.72. The van der Waals surface area contributed by atoms with Gasteiger partial charge in [0.15, 0.2) is 11.4 Å². The first-order valence-electron chi connectivity index (χ1n) is 16.4. The van der Waals surface area contributed by atoms with E-state index in [0.717, 1.165) is 27.6 Å². The Hall–Kier alpha value is -6.36. The lowest BCUT2D eigenvalue weighted by Crippen LogP contribution is -2.23. The Morgan fingerprint density at radius 1 is 0.811 bits per heavy atom. The fraction of sp³-hybridized carbons (Fsp3) is 0.250. The van der Waals surface area contributed by atoms with Gasteiger partial charge >= 0.3 is 0 Å². The van der Waals surface area contributed by atoms with Gasteiger partial charge in [-0.2, -0.15) is 10.2 Å². The first-order chi connectivity index (χ1) is 25.0. The molecule has 0 saturated heterocycles. The maximum atomic E-state index is 15.6. The van der Waals surface area contributed by atoms with Crippen LogP contribution in [0.1, 0.15) is 98.9 Å². The van der Waals surface area contributed by atoms with Crippen molar-refractivity contribution in [2.45, 2.75) is 51.6 Å². The molecule has 0 bridgehead atoms. The van der Waals surface area contributed by atoms with Crippen LogP contribution in [-0.4, -0.2) is 44.4 Å². The minimum Gasteiger partial charge on any atom is -0.496 e. The van der Waals surface area contributed by atoms with E-state index < -0.39 is 47.1 Å². The minimum atomic E-state index is -0.967. The highest BCUT2D eigenvalue weighted by molar-refractivity contribution is 5.98. The molecule has 0 aliphatic heterocycles. The first-order valence-corrected chi connectivity index (χ1v) is 16.4. The molecule has 0 radical (unpaired) electrons.